The maximum atomic E-state index is 10.8. The van der Waals surface area contributed by atoms with Crippen molar-refractivity contribution in [2.45, 2.75) is 19.8 Å². The molecular weight excluding hydrogens is 132 g/mol. The normalized spacial score (nSPS) is 23.9. The summed E-state index contributed by atoms with van der Waals surface area (Å²) in [6, 6.07) is 0. The second kappa shape index (κ2) is 2.73. The quantitative estimate of drug-likeness (QED) is 0.313. The van der Waals surface area contributed by atoms with E-state index in [0.29, 0.717) is 18.6 Å². The molecule has 1 saturated heterocycles. The van der Waals surface area contributed by atoms with Crippen molar-refractivity contribution in [1.82, 2.24) is 0 Å². The number of allylic oxidation sites excluding steroid dienone is 1. The van der Waals surface area contributed by atoms with Crippen LogP contribution in [0.2, 0.25) is 0 Å². The first-order chi connectivity index (χ1) is 4.72. The number of carbonyl (C=O) groups excluding carboxylic acids is 1. The van der Waals surface area contributed by atoms with Gasteiger partial charge in [-0.3, -0.25) is 0 Å². The van der Waals surface area contributed by atoms with Crippen molar-refractivity contribution < 1.29 is 14.6 Å². The van der Waals surface area contributed by atoms with Crippen LogP contribution in [0.15, 0.2) is 11.3 Å². The maximum absolute atomic E-state index is 10.8. The van der Waals surface area contributed by atoms with Crippen LogP contribution in [-0.2, 0) is 9.53 Å². The third-order valence-corrected chi connectivity index (χ3v) is 1.49. The molecule has 0 bridgehead atoms. The number of cyclic esters (lactones) is 1. The zero-order valence-corrected chi connectivity index (χ0v) is 5.89. The van der Waals surface area contributed by atoms with Gasteiger partial charge in [-0.25, -0.2) is 4.79 Å². The number of aliphatic hydroxyl groups excluding tert-OH is 1. The molecule has 0 spiro atoms. The lowest BCUT2D eigenvalue weighted by Gasteiger charge is -2.13. The predicted molar refractivity (Wildman–Crippen MR) is 35.5 cm³/mol. The van der Waals surface area contributed by atoms with Gasteiger partial charge in [-0.15, -0.1) is 0 Å². The van der Waals surface area contributed by atoms with Crippen molar-refractivity contribution in [2.24, 2.45) is 0 Å². The fourth-order valence-electron chi connectivity index (χ4n) is 0.932. The fraction of sp³-hybridized carbons (Fsp3) is 0.571. The van der Waals surface area contributed by atoms with Crippen LogP contribution in [0.3, 0.4) is 0 Å². The standard InChI is InChI=1S/C7H10O3/c1-5(8)6-3-2-4-10-7(6)9/h8H,2-4H2,1H3. The summed E-state index contributed by atoms with van der Waals surface area (Å²) in [4.78, 5) is 10.8. The van der Waals surface area contributed by atoms with Crippen LogP contribution in [0.4, 0.5) is 0 Å². The summed E-state index contributed by atoms with van der Waals surface area (Å²) in [5, 5.41) is 8.93. The largest absolute Gasteiger partial charge is 0.512 e. The lowest BCUT2D eigenvalue weighted by atomic mass is 10.1. The van der Waals surface area contributed by atoms with Gasteiger partial charge in [-0.2, -0.15) is 0 Å². The molecule has 1 rings (SSSR count). The van der Waals surface area contributed by atoms with Crippen molar-refractivity contribution in [3.63, 3.8) is 0 Å². The van der Waals surface area contributed by atoms with Crippen LogP contribution in [0, 0.1) is 0 Å². The lowest BCUT2D eigenvalue weighted by Crippen LogP contribution is -2.16. The molecule has 10 heavy (non-hydrogen) atoms. The molecule has 1 fully saturated rings. The Labute approximate surface area is 59.3 Å². The number of esters is 1. The minimum Gasteiger partial charge on any atom is -0.512 e. The van der Waals surface area contributed by atoms with Crippen LogP contribution < -0.4 is 0 Å². The van der Waals surface area contributed by atoms with Crippen LogP contribution in [0.5, 0.6) is 0 Å². The molecule has 3 nitrogen and oxygen atoms in total. The van der Waals surface area contributed by atoms with Gasteiger partial charge >= 0.3 is 5.97 Å². The van der Waals surface area contributed by atoms with Gasteiger partial charge < -0.3 is 9.84 Å². The van der Waals surface area contributed by atoms with E-state index in [-0.39, 0.29) is 11.7 Å². The Morgan fingerprint density at radius 3 is 2.80 bits per heavy atom. The predicted octanol–water partition coefficient (Wildman–Crippen LogP) is 1.16. The second-order valence-electron chi connectivity index (χ2n) is 2.30. The Balaban J connectivity index is 2.75. The highest BCUT2D eigenvalue weighted by Crippen LogP contribution is 2.16. The van der Waals surface area contributed by atoms with Gasteiger partial charge in [0.1, 0.15) is 0 Å². The molecule has 0 unspecified atom stereocenters. The van der Waals surface area contributed by atoms with Crippen molar-refractivity contribution >= 4 is 5.97 Å². The molecule has 1 aliphatic heterocycles. The Kier molecular flexibility index (Phi) is 1.94. The first-order valence-electron chi connectivity index (χ1n) is 3.27. The van der Waals surface area contributed by atoms with Gasteiger partial charge in [0.15, 0.2) is 0 Å². The number of carbonyl (C=O) groups is 1. The van der Waals surface area contributed by atoms with Gasteiger partial charge in [-0.05, 0) is 19.8 Å². The van der Waals surface area contributed by atoms with Gasteiger partial charge in [0.25, 0.3) is 0 Å². The summed E-state index contributed by atoms with van der Waals surface area (Å²) in [5.41, 5.74) is 0.422. The van der Waals surface area contributed by atoms with Crippen molar-refractivity contribution in [1.29, 1.82) is 0 Å². The van der Waals surface area contributed by atoms with E-state index < -0.39 is 0 Å². The van der Waals surface area contributed by atoms with Gasteiger partial charge in [-0.1, -0.05) is 0 Å². The lowest BCUT2D eigenvalue weighted by molar-refractivity contribution is -0.141. The highest BCUT2D eigenvalue weighted by Gasteiger charge is 2.18. The van der Waals surface area contributed by atoms with E-state index in [1.807, 2.05) is 0 Å². The van der Waals surface area contributed by atoms with E-state index in [9.17, 15) is 4.79 Å². The third kappa shape index (κ3) is 1.29. The number of aliphatic hydroxyl groups is 1. The summed E-state index contributed by atoms with van der Waals surface area (Å²) in [6.07, 6.45) is 1.46. The summed E-state index contributed by atoms with van der Waals surface area (Å²) in [6.45, 7) is 1.98. The van der Waals surface area contributed by atoms with Crippen LogP contribution in [-0.4, -0.2) is 17.7 Å². The Morgan fingerprint density at radius 1 is 1.70 bits per heavy atom. The molecule has 1 N–H and O–H groups in total. The summed E-state index contributed by atoms with van der Waals surface area (Å²) >= 11 is 0. The van der Waals surface area contributed by atoms with Crippen LogP contribution >= 0.6 is 0 Å². The number of rotatable bonds is 0. The molecule has 0 aromatic heterocycles. The maximum Gasteiger partial charge on any atom is 0.337 e. The molecule has 0 amide bonds. The van der Waals surface area contributed by atoms with E-state index in [2.05, 4.69) is 0 Å². The second-order valence-corrected chi connectivity index (χ2v) is 2.30. The Morgan fingerprint density at radius 2 is 2.40 bits per heavy atom. The highest BCUT2D eigenvalue weighted by atomic mass is 16.5. The fourth-order valence-corrected chi connectivity index (χ4v) is 0.932. The number of ether oxygens (including phenoxy) is 1. The Bertz CT molecular complexity index is 177. The van der Waals surface area contributed by atoms with Crippen molar-refractivity contribution in [2.75, 3.05) is 6.61 Å². The van der Waals surface area contributed by atoms with E-state index in [1.54, 1.807) is 0 Å². The average molecular weight is 142 g/mol. The topological polar surface area (TPSA) is 46.5 Å². The van der Waals surface area contributed by atoms with E-state index in [1.165, 1.54) is 6.92 Å². The molecule has 1 aliphatic rings. The number of hydrogen-bond acceptors (Lipinski definition) is 3. The summed E-state index contributed by atoms with van der Waals surface area (Å²) in [7, 11) is 0. The minimum atomic E-state index is -0.369. The first-order valence-corrected chi connectivity index (χ1v) is 3.27. The first kappa shape index (κ1) is 7.12. The molecule has 0 atom stereocenters. The highest BCUT2D eigenvalue weighted by molar-refractivity contribution is 5.89. The molecule has 0 radical (unpaired) electrons. The van der Waals surface area contributed by atoms with Gasteiger partial charge in [0.05, 0.1) is 17.9 Å². The summed E-state index contributed by atoms with van der Waals surface area (Å²) < 4.78 is 4.69. The average Bonchev–Trinajstić information content (AvgIpc) is 1.88. The zero-order chi connectivity index (χ0) is 7.56. The molecule has 0 aromatic rings. The van der Waals surface area contributed by atoms with Gasteiger partial charge in [0.2, 0.25) is 0 Å². The molecule has 56 valence electrons. The smallest absolute Gasteiger partial charge is 0.337 e. The third-order valence-electron chi connectivity index (χ3n) is 1.49. The van der Waals surface area contributed by atoms with E-state index >= 15 is 0 Å². The van der Waals surface area contributed by atoms with E-state index in [4.69, 9.17) is 9.84 Å². The zero-order valence-electron chi connectivity index (χ0n) is 5.89. The number of hydrogen-bond donors (Lipinski definition) is 1. The minimum absolute atomic E-state index is 0.0877. The van der Waals surface area contributed by atoms with Gasteiger partial charge in [0, 0.05) is 0 Å². The SMILES string of the molecule is CC(O)=C1CCCOC1=O. The molecule has 3 heteroatoms. The van der Waals surface area contributed by atoms with Crippen molar-refractivity contribution in [3.05, 3.63) is 11.3 Å². The molecule has 0 saturated carbocycles. The van der Waals surface area contributed by atoms with Crippen molar-refractivity contribution in [3.8, 4) is 0 Å². The molecule has 0 aliphatic carbocycles. The Hall–Kier alpha value is -0.990. The summed E-state index contributed by atoms with van der Waals surface area (Å²) in [5.74, 6) is -0.282. The molecular formula is C7H10O3. The van der Waals surface area contributed by atoms with Crippen LogP contribution in [0.1, 0.15) is 19.8 Å². The molecule has 1 heterocycles. The monoisotopic (exact) mass is 142 g/mol. The molecule has 0 aromatic carbocycles. The van der Waals surface area contributed by atoms with E-state index in [0.717, 1.165) is 6.42 Å². The van der Waals surface area contributed by atoms with Crippen LogP contribution in [0.25, 0.3) is 0 Å².